The highest BCUT2D eigenvalue weighted by Crippen LogP contribution is 2.19. The Balaban J connectivity index is 2.11. The predicted octanol–water partition coefficient (Wildman–Crippen LogP) is 2.77. The fraction of sp³-hybridized carbons (Fsp3) is 0.133. The van der Waals surface area contributed by atoms with Crippen LogP contribution >= 0.6 is 0 Å². The summed E-state index contributed by atoms with van der Waals surface area (Å²) in [7, 11) is 0. The van der Waals surface area contributed by atoms with Crippen LogP contribution in [0.1, 0.15) is 12.0 Å². The van der Waals surface area contributed by atoms with Gasteiger partial charge in [0.1, 0.15) is 0 Å². The smallest absolute Gasteiger partial charge is 0.217 e. The molecule has 0 spiro atoms. The van der Waals surface area contributed by atoms with Crippen LogP contribution in [0.2, 0.25) is 0 Å². The lowest BCUT2D eigenvalue weighted by atomic mass is 10.0. The first-order chi connectivity index (χ1) is 8.25. The lowest BCUT2D eigenvalue weighted by Crippen LogP contribution is -2.11. The molecule has 0 saturated carbocycles. The minimum absolute atomic E-state index is 0.253. The van der Waals surface area contributed by atoms with Crippen LogP contribution in [0, 0.1) is 0 Å². The van der Waals surface area contributed by atoms with Gasteiger partial charge in [-0.2, -0.15) is 0 Å². The monoisotopic (exact) mass is 225 g/mol. The molecule has 0 radical (unpaired) electrons. The van der Waals surface area contributed by atoms with Crippen molar-refractivity contribution in [3.63, 3.8) is 0 Å². The van der Waals surface area contributed by atoms with Crippen molar-refractivity contribution in [3.8, 4) is 11.1 Å². The molecular weight excluding hydrogens is 210 g/mol. The molecule has 0 aliphatic carbocycles. The molecule has 0 aliphatic rings. The normalized spacial score (nSPS) is 10.1. The minimum Gasteiger partial charge on any atom is -0.370 e. The Bertz CT molecular complexity index is 488. The van der Waals surface area contributed by atoms with E-state index in [0.717, 1.165) is 5.56 Å². The third-order valence-corrected chi connectivity index (χ3v) is 2.72. The molecule has 2 nitrogen and oxygen atoms in total. The van der Waals surface area contributed by atoms with E-state index in [1.807, 2.05) is 30.3 Å². The zero-order chi connectivity index (χ0) is 12.1. The summed E-state index contributed by atoms with van der Waals surface area (Å²) in [5.74, 6) is -0.253. The third kappa shape index (κ3) is 3.18. The van der Waals surface area contributed by atoms with E-state index in [9.17, 15) is 4.79 Å². The van der Waals surface area contributed by atoms with Gasteiger partial charge in [-0.3, -0.25) is 4.79 Å². The maximum Gasteiger partial charge on any atom is 0.217 e. The van der Waals surface area contributed by atoms with Gasteiger partial charge in [-0.25, -0.2) is 0 Å². The summed E-state index contributed by atoms with van der Waals surface area (Å²) in [5.41, 5.74) is 8.66. The van der Waals surface area contributed by atoms with Crippen LogP contribution in [0.15, 0.2) is 54.6 Å². The summed E-state index contributed by atoms with van der Waals surface area (Å²) in [5, 5.41) is 0. The summed E-state index contributed by atoms with van der Waals surface area (Å²) in [6.45, 7) is 0. The Morgan fingerprint density at radius 3 is 2.06 bits per heavy atom. The van der Waals surface area contributed by atoms with E-state index < -0.39 is 0 Å². The first-order valence-electron chi connectivity index (χ1n) is 5.68. The van der Waals surface area contributed by atoms with Gasteiger partial charge in [-0.1, -0.05) is 54.6 Å². The molecule has 0 heterocycles. The number of amides is 1. The molecule has 2 heteroatoms. The van der Waals surface area contributed by atoms with Crippen molar-refractivity contribution >= 4 is 5.91 Å². The Morgan fingerprint density at radius 2 is 1.47 bits per heavy atom. The van der Waals surface area contributed by atoms with Gasteiger partial charge in [0.25, 0.3) is 0 Å². The summed E-state index contributed by atoms with van der Waals surface area (Å²) >= 11 is 0. The average molecular weight is 225 g/mol. The van der Waals surface area contributed by atoms with E-state index in [1.54, 1.807) is 0 Å². The van der Waals surface area contributed by atoms with Gasteiger partial charge in [-0.15, -0.1) is 0 Å². The van der Waals surface area contributed by atoms with Crippen LogP contribution in [-0.4, -0.2) is 5.91 Å². The lowest BCUT2D eigenvalue weighted by Gasteiger charge is -2.03. The molecule has 0 aromatic heterocycles. The van der Waals surface area contributed by atoms with Crippen molar-refractivity contribution in [2.75, 3.05) is 0 Å². The van der Waals surface area contributed by atoms with Crippen molar-refractivity contribution in [1.29, 1.82) is 0 Å². The van der Waals surface area contributed by atoms with E-state index in [2.05, 4.69) is 24.3 Å². The summed E-state index contributed by atoms with van der Waals surface area (Å²) in [6, 6.07) is 18.5. The summed E-state index contributed by atoms with van der Waals surface area (Å²) in [6.07, 6.45) is 1.12. The van der Waals surface area contributed by atoms with Gasteiger partial charge in [0.05, 0.1) is 0 Å². The maximum atomic E-state index is 10.7. The molecule has 0 unspecified atom stereocenters. The van der Waals surface area contributed by atoms with Crippen LogP contribution < -0.4 is 5.73 Å². The zero-order valence-corrected chi connectivity index (χ0v) is 9.60. The fourth-order valence-corrected chi connectivity index (χ4v) is 1.76. The number of hydrogen-bond donors (Lipinski definition) is 1. The second-order valence-electron chi connectivity index (χ2n) is 4.03. The number of benzene rings is 2. The van der Waals surface area contributed by atoms with Crippen molar-refractivity contribution in [3.05, 3.63) is 60.2 Å². The molecule has 2 aromatic rings. The van der Waals surface area contributed by atoms with Crippen molar-refractivity contribution < 1.29 is 4.79 Å². The highest BCUT2D eigenvalue weighted by Gasteiger charge is 1.99. The second-order valence-corrected chi connectivity index (χ2v) is 4.03. The van der Waals surface area contributed by atoms with Crippen LogP contribution in [0.5, 0.6) is 0 Å². The number of hydrogen-bond acceptors (Lipinski definition) is 1. The number of aryl methyl sites for hydroxylation is 1. The molecule has 1 amide bonds. The summed E-state index contributed by atoms with van der Waals surface area (Å²) < 4.78 is 0. The minimum atomic E-state index is -0.253. The number of primary amides is 1. The first kappa shape index (κ1) is 11.4. The number of nitrogens with two attached hydrogens (primary N) is 1. The van der Waals surface area contributed by atoms with Gasteiger partial charge in [0.15, 0.2) is 0 Å². The van der Waals surface area contributed by atoms with Gasteiger partial charge in [-0.05, 0) is 23.1 Å². The van der Waals surface area contributed by atoms with Gasteiger partial charge in [0.2, 0.25) is 5.91 Å². The first-order valence-corrected chi connectivity index (χ1v) is 5.68. The molecule has 0 fully saturated rings. The molecule has 0 saturated heterocycles. The number of carbonyl (C=O) groups excluding carboxylic acids is 1. The molecule has 17 heavy (non-hydrogen) atoms. The molecule has 0 bridgehead atoms. The predicted molar refractivity (Wildman–Crippen MR) is 69.4 cm³/mol. The van der Waals surface area contributed by atoms with Crippen molar-refractivity contribution in [2.45, 2.75) is 12.8 Å². The number of carbonyl (C=O) groups is 1. The van der Waals surface area contributed by atoms with Crippen LogP contribution in [0.4, 0.5) is 0 Å². The SMILES string of the molecule is NC(=O)CCc1ccc(-c2ccccc2)cc1. The van der Waals surface area contributed by atoms with E-state index in [-0.39, 0.29) is 5.91 Å². The molecule has 2 N–H and O–H groups in total. The van der Waals surface area contributed by atoms with Crippen LogP contribution in [-0.2, 0) is 11.2 Å². The Labute approximate surface area is 101 Å². The Morgan fingerprint density at radius 1 is 0.882 bits per heavy atom. The molecule has 2 rings (SSSR count). The summed E-state index contributed by atoms with van der Waals surface area (Å²) in [4.78, 5) is 10.7. The standard InChI is InChI=1S/C15H15NO/c16-15(17)11-8-12-6-9-14(10-7-12)13-4-2-1-3-5-13/h1-7,9-10H,8,11H2,(H2,16,17). The molecule has 0 atom stereocenters. The third-order valence-electron chi connectivity index (χ3n) is 2.72. The second kappa shape index (κ2) is 5.30. The van der Waals surface area contributed by atoms with E-state index in [4.69, 9.17) is 5.73 Å². The highest BCUT2D eigenvalue weighted by molar-refractivity contribution is 5.74. The fourth-order valence-electron chi connectivity index (χ4n) is 1.76. The van der Waals surface area contributed by atoms with E-state index in [1.165, 1.54) is 11.1 Å². The molecule has 0 aliphatic heterocycles. The van der Waals surface area contributed by atoms with Gasteiger partial charge < -0.3 is 5.73 Å². The Hall–Kier alpha value is -2.09. The lowest BCUT2D eigenvalue weighted by molar-refractivity contribution is -0.117. The largest absolute Gasteiger partial charge is 0.370 e. The topological polar surface area (TPSA) is 43.1 Å². The Kier molecular flexibility index (Phi) is 3.55. The number of rotatable bonds is 4. The maximum absolute atomic E-state index is 10.7. The van der Waals surface area contributed by atoms with Gasteiger partial charge in [0, 0.05) is 6.42 Å². The van der Waals surface area contributed by atoms with Gasteiger partial charge >= 0.3 is 0 Å². The van der Waals surface area contributed by atoms with Crippen LogP contribution in [0.25, 0.3) is 11.1 Å². The van der Waals surface area contributed by atoms with Crippen LogP contribution in [0.3, 0.4) is 0 Å². The molecular formula is C15H15NO. The van der Waals surface area contributed by atoms with E-state index >= 15 is 0 Å². The van der Waals surface area contributed by atoms with E-state index in [0.29, 0.717) is 12.8 Å². The van der Waals surface area contributed by atoms with Crippen molar-refractivity contribution in [2.24, 2.45) is 5.73 Å². The average Bonchev–Trinajstić information content (AvgIpc) is 2.38. The molecule has 2 aromatic carbocycles. The van der Waals surface area contributed by atoms with Crippen molar-refractivity contribution in [1.82, 2.24) is 0 Å². The highest BCUT2D eigenvalue weighted by atomic mass is 16.1. The molecule has 86 valence electrons. The zero-order valence-electron chi connectivity index (χ0n) is 9.60. The quantitative estimate of drug-likeness (QED) is 0.854.